The number of amides is 1. The quantitative estimate of drug-likeness (QED) is 0.831. The molecular weight excluding hydrogens is 235 g/mol. The first-order chi connectivity index (χ1) is 8.49. The maximum atomic E-state index is 12.7. The minimum Gasteiger partial charge on any atom is -0.481 e. The van der Waals surface area contributed by atoms with E-state index in [2.05, 4.69) is 5.32 Å². The molecule has 0 saturated heterocycles. The highest BCUT2D eigenvalue weighted by Crippen LogP contribution is 2.12. The van der Waals surface area contributed by atoms with Gasteiger partial charge in [-0.3, -0.25) is 4.79 Å². The van der Waals surface area contributed by atoms with E-state index >= 15 is 0 Å². The number of nitrogens with one attached hydrogen (secondary N) is 1. The molecule has 0 fully saturated rings. The van der Waals surface area contributed by atoms with Crippen LogP contribution in [-0.2, 0) is 4.79 Å². The zero-order valence-electron chi connectivity index (χ0n) is 10.9. The molecule has 4 nitrogen and oxygen atoms in total. The lowest BCUT2D eigenvalue weighted by molar-refractivity contribution is -0.127. The minimum atomic E-state index is -0.599. The molecule has 1 aromatic carbocycles. The number of ether oxygens (including phenoxy) is 1. The largest absolute Gasteiger partial charge is 0.481 e. The molecule has 0 aliphatic carbocycles. The topological polar surface area (TPSA) is 41.6 Å². The average Bonchev–Trinajstić information content (AvgIpc) is 2.31. The molecule has 1 amide bonds. The number of likely N-dealkylation sites (N-methyl/N-ethyl adjacent to an activating group) is 1. The molecule has 0 aromatic heterocycles. The molecule has 1 aromatic rings. The SMILES string of the molecule is C[C@@H](Oc1ccc(F)cc1)C(=O)NCCN(C)C. The average molecular weight is 254 g/mol. The number of hydrogen-bond donors (Lipinski definition) is 1. The summed E-state index contributed by atoms with van der Waals surface area (Å²) in [5, 5.41) is 2.77. The Morgan fingerprint density at radius 2 is 2.00 bits per heavy atom. The Hall–Kier alpha value is -1.62. The number of carbonyl (C=O) groups excluding carboxylic acids is 1. The summed E-state index contributed by atoms with van der Waals surface area (Å²) in [6, 6.07) is 5.59. The number of nitrogens with zero attached hydrogens (tertiary/aromatic N) is 1. The summed E-state index contributed by atoms with van der Waals surface area (Å²) < 4.78 is 18.1. The highest BCUT2D eigenvalue weighted by molar-refractivity contribution is 5.80. The first-order valence-electron chi connectivity index (χ1n) is 5.83. The number of hydrogen-bond acceptors (Lipinski definition) is 3. The van der Waals surface area contributed by atoms with Crippen molar-refractivity contribution in [1.82, 2.24) is 10.2 Å². The van der Waals surface area contributed by atoms with Crippen LogP contribution in [0.4, 0.5) is 4.39 Å². The van der Waals surface area contributed by atoms with Gasteiger partial charge in [0.05, 0.1) is 0 Å². The maximum Gasteiger partial charge on any atom is 0.260 e. The molecule has 0 aliphatic heterocycles. The van der Waals surface area contributed by atoms with Crippen molar-refractivity contribution in [3.63, 3.8) is 0 Å². The molecule has 0 heterocycles. The summed E-state index contributed by atoms with van der Waals surface area (Å²) in [4.78, 5) is 13.6. The van der Waals surface area contributed by atoms with Crippen LogP contribution in [0.15, 0.2) is 24.3 Å². The second kappa shape index (κ2) is 6.96. The van der Waals surface area contributed by atoms with Crippen molar-refractivity contribution in [2.75, 3.05) is 27.2 Å². The van der Waals surface area contributed by atoms with Gasteiger partial charge < -0.3 is 15.0 Å². The van der Waals surface area contributed by atoms with Crippen LogP contribution in [0.5, 0.6) is 5.75 Å². The van der Waals surface area contributed by atoms with Gasteiger partial charge in [0.25, 0.3) is 5.91 Å². The number of benzene rings is 1. The fraction of sp³-hybridized carbons (Fsp3) is 0.462. The fourth-order valence-corrected chi connectivity index (χ4v) is 1.32. The van der Waals surface area contributed by atoms with Crippen LogP contribution in [0.3, 0.4) is 0 Å². The third-order valence-corrected chi connectivity index (χ3v) is 2.35. The van der Waals surface area contributed by atoms with E-state index in [-0.39, 0.29) is 11.7 Å². The molecule has 100 valence electrons. The summed E-state index contributed by atoms with van der Waals surface area (Å²) in [6.07, 6.45) is -0.599. The summed E-state index contributed by atoms with van der Waals surface area (Å²) in [5.41, 5.74) is 0. The monoisotopic (exact) mass is 254 g/mol. The second-order valence-electron chi connectivity index (χ2n) is 4.31. The summed E-state index contributed by atoms with van der Waals surface area (Å²) in [7, 11) is 3.87. The van der Waals surface area contributed by atoms with Crippen molar-refractivity contribution in [1.29, 1.82) is 0 Å². The van der Waals surface area contributed by atoms with Gasteiger partial charge in [0.1, 0.15) is 11.6 Å². The standard InChI is InChI=1S/C13H19FN2O2/c1-10(13(17)15-8-9-16(2)3)18-12-6-4-11(14)5-7-12/h4-7,10H,8-9H2,1-3H3,(H,15,17)/t10-/m1/s1. The normalized spacial score (nSPS) is 12.3. The van der Waals surface area contributed by atoms with Crippen LogP contribution < -0.4 is 10.1 Å². The fourth-order valence-electron chi connectivity index (χ4n) is 1.32. The van der Waals surface area contributed by atoms with E-state index in [4.69, 9.17) is 4.74 Å². The first-order valence-corrected chi connectivity index (χ1v) is 5.83. The molecule has 1 atom stereocenters. The van der Waals surface area contributed by atoms with E-state index in [1.165, 1.54) is 24.3 Å². The van der Waals surface area contributed by atoms with E-state index < -0.39 is 6.10 Å². The Morgan fingerprint density at radius 1 is 1.39 bits per heavy atom. The van der Waals surface area contributed by atoms with Crippen molar-refractivity contribution in [2.24, 2.45) is 0 Å². The van der Waals surface area contributed by atoms with E-state index in [1.54, 1.807) is 6.92 Å². The smallest absolute Gasteiger partial charge is 0.260 e. The van der Waals surface area contributed by atoms with E-state index in [0.29, 0.717) is 12.3 Å². The van der Waals surface area contributed by atoms with Gasteiger partial charge in [-0.2, -0.15) is 0 Å². The second-order valence-corrected chi connectivity index (χ2v) is 4.31. The molecule has 0 radical (unpaired) electrons. The molecule has 0 unspecified atom stereocenters. The maximum absolute atomic E-state index is 12.7. The van der Waals surface area contributed by atoms with E-state index in [1.807, 2.05) is 19.0 Å². The van der Waals surface area contributed by atoms with Crippen LogP contribution in [-0.4, -0.2) is 44.1 Å². The van der Waals surface area contributed by atoms with Crippen LogP contribution in [0.2, 0.25) is 0 Å². The van der Waals surface area contributed by atoms with Crippen LogP contribution >= 0.6 is 0 Å². The van der Waals surface area contributed by atoms with Gasteiger partial charge in [-0.05, 0) is 45.3 Å². The Bertz CT molecular complexity index is 379. The van der Waals surface area contributed by atoms with Gasteiger partial charge in [-0.1, -0.05) is 0 Å². The molecule has 5 heteroatoms. The lowest BCUT2D eigenvalue weighted by Crippen LogP contribution is -2.39. The molecular formula is C13H19FN2O2. The lowest BCUT2D eigenvalue weighted by Gasteiger charge is -2.16. The van der Waals surface area contributed by atoms with Gasteiger partial charge in [0.2, 0.25) is 0 Å². The number of halogens is 1. The zero-order chi connectivity index (χ0) is 13.5. The highest BCUT2D eigenvalue weighted by Gasteiger charge is 2.13. The molecule has 18 heavy (non-hydrogen) atoms. The van der Waals surface area contributed by atoms with Crippen LogP contribution in [0, 0.1) is 5.82 Å². The molecule has 0 spiro atoms. The zero-order valence-corrected chi connectivity index (χ0v) is 10.9. The van der Waals surface area contributed by atoms with Gasteiger partial charge in [-0.25, -0.2) is 4.39 Å². The number of carbonyl (C=O) groups is 1. The molecule has 0 saturated carbocycles. The van der Waals surface area contributed by atoms with Gasteiger partial charge >= 0.3 is 0 Å². The van der Waals surface area contributed by atoms with Crippen molar-refractivity contribution >= 4 is 5.91 Å². The van der Waals surface area contributed by atoms with Crippen molar-refractivity contribution in [3.8, 4) is 5.75 Å². The first kappa shape index (κ1) is 14.4. The Morgan fingerprint density at radius 3 is 2.56 bits per heavy atom. The highest BCUT2D eigenvalue weighted by atomic mass is 19.1. The van der Waals surface area contributed by atoms with E-state index in [0.717, 1.165) is 6.54 Å². The van der Waals surface area contributed by atoms with Gasteiger partial charge in [-0.15, -0.1) is 0 Å². The van der Waals surface area contributed by atoms with Gasteiger partial charge in [0, 0.05) is 13.1 Å². The van der Waals surface area contributed by atoms with Gasteiger partial charge in [0.15, 0.2) is 6.10 Å². The number of rotatable bonds is 6. The van der Waals surface area contributed by atoms with Crippen LogP contribution in [0.25, 0.3) is 0 Å². The van der Waals surface area contributed by atoms with Crippen molar-refractivity contribution in [2.45, 2.75) is 13.0 Å². The third kappa shape index (κ3) is 5.14. The predicted octanol–water partition coefficient (Wildman–Crippen LogP) is 1.27. The summed E-state index contributed by atoms with van der Waals surface area (Å²) in [5.74, 6) is -0.0294. The molecule has 1 rings (SSSR count). The Labute approximate surface area is 107 Å². The molecule has 0 aliphatic rings. The van der Waals surface area contributed by atoms with Crippen molar-refractivity contribution < 1.29 is 13.9 Å². The summed E-state index contributed by atoms with van der Waals surface area (Å²) >= 11 is 0. The van der Waals surface area contributed by atoms with E-state index in [9.17, 15) is 9.18 Å². The summed E-state index contributed by atoms with van der Waals surface area (Å²) in [6.45, 7) is 3.01. The Kier molecular flexibility index (Phi) is 5.58. The Balaban J connectivity index is 2.37. The van der Waals surface area contributed by atoms with Crippen LogP contribution in [0.1, 0.15) is 6.92 Å². The van der Waals surface area contributed by atoms with Crippen molar-refractivity contribution in [3.05, 3.63) is 30.1 Å². The third-order valence-electron chi connectivity index (χ3n) is 2.35. The minimum absolute atomic E-state index is 0.179. The lowest BCUT2D eigenvalue weighted by atomic mass is 10.3. The molecule has 0 bridgehead atoms. The molecule has 1 N–H and O–H groups in total. The predicted molar refractivity (Wildman–Crippen MR) is 68.1 cm³/mol.